The number of amides is 1. The van der Waals surface area contributed by atoms with Crippen LogP contribution in [0.25, 0.3) is 22.2 Å². The molecule has 0 unspecified atom stereocenters. The van der Waals surface area contributed by atoms with E-state index in [0.29, 0.717) is 28.7 Å². The second-order valence-electron chi connectivity index (χ2n) is 7.16. The second-order valence-corrected chi connectivity index (χ2v) is 7.16. The number of carbonyl (C=O) groups excluding carboxylic acids is 2. The van der Waals surface area contributed by atoms with E-state index in [1.807, 2.05) is 68.4 Å². The fourth-order valence-corrected chi connectivity index (χ4v) is 3.38. The van der Waals surface area contributed by atoms with Gasteiger partial charge in [0.1, 0.15) is 5.52 Å². The number of rotatable bonds is 5. The van der Waals surface area contributed by atoms with E-state index >= 15 is 0 Å². The summed E-state index contributed by atoms with van der Waals surface area (Å²) < 4.78 is 1.32. The highest BCUT2D eigenvalue weighted by Crippen LogP contribution is 2.26. The van der Waals surface area contributed by atoms with E-state index < -0.39 is 0 Å². The molecule has 6 heteroatoms. The summed E-state index contributed by atoms with van der Waals surface area (Å²) in [4.78, 5) is 25.4. The molecule has 1 amide bonds. The van der Waals surface area contributed by atoms with Crippen LogP contribution >= 0.6 is 0 Å². The number of hydrogen-bond donors (Lipinski definition) is 1. The van der Waals surface area contributed by atoms with Gasteiger partial charge in [-0.05, 0) is 66.4 Å². The van der Waals surface area contributed by atoms with Crippen molar-refractivity contribution >= 4 is 22.8 Å². The third-order valence-corrected chi connectivity index (χ3v) is 5.00. The number of carbonyl (C=O) groups is 2. The van der Waals surface area contributed by atoms with Crippen molar-refractivity contribution < 1.29 is 9.59 Å². The molecule has 4 rings (SSSR count). The molecule has 0 fully saturated rings. The van der Waals surface area contributed by atoms with E-state index in [1.165, 1.54) is 4.68 Å². The standard InChI is InChI=1S/C24H22N4O2/c1-3-13-25-23(29)18-8-6-7-17(14-18)20-15-19(12-11-16(20)2)24(30)28-22-10-5-4-9-21(22)26-27-28/h4-12,14-15H,3,13H2,1-2H3,(H,25,29). The molecule has 0 radical (unpaired) electrons. The molecule has 0 bridgehead atoms. The van der Waals surface area contributed by atoms with Crippen LogP contribution < -0.4 is 5.32 Å². The van der Waals surface area contributed by atoms with Crippen molar-refractivity contribution in [2.75, 3.05) is 6.54 Å². The Bertz CT molecular complexity index is 1240. The van der Waals surface area contributed by atoms with Crippen molar-refractivity contribution in [3.05, 3.63) is 83.4 Å². The van der Waals surface area contributed by atoms with Gasteiger partial charge in [0, 0.05) is 17.7 Å². The van der Waals surface area contributed by atoms with Gasteiger partial charge in [-0.1, -0.05) is 42.5 Å². The van der Waals surface area contributed by atoms with Gasteiger partial charge in [0.25, 0.3) is 11.8 Å². The topological polar surface area (TPSA) is 76.9 Å². The Morgan fingerprint density at radius 1 is 0.967 bits per heavy atom. The van der Waals surface area contributed by atoms with Gasteiger partial charge in [-0.25, -0.2) is 0 Å². The minimum absolute atomic E-state index is 0.0994. The Kier molecular flexibility index (Phi) is 5.39. The highest BCUT2D eigenvalue weighted by Gasteiger charge is 2.16. The summed E-state index contributed by atoms with van der Waals surface area (Å²) >= 11 is 0. The van der Waals surface area contributed by atoms with Gasteiger partial charge in [-0.2, -0.15) is 4.68 Å². The van der Waals surface area contributed by atoms with Crippen LogP contribution in [0.1, 0.15) is 39.6 Å². The number of fused-ring (bicyclic) bond motifs is 1. The highest BCUT2D eigenvalue weighted by atomic mass is 16.2. The van der Waals surface area contributed by atoms with Crippen molar-refractivity contribution in [2.24, 2.45) is 0 Å². The van der Waals surface area contributed by atoms with Gasteiger partial charge < -0.3 is 5.32 Å². The molecule has 4 aromatic rings. The van der Waals surface area contributed by atoms with Crippen LogP contribution in [-0.2, 0) is 0 Å². The lowest BCUT2D eigenvalue weighted by atomic mass is 9.96. The maximum absolute atomic E-state index is 13.1. The Labute approximate surface area is 174 Å². The molecule has 3 aromatic carbocycles. The number of aryl methyl sites for hydroxylation is 1. The highest BCUT2D eigenvalue weighted by molar-refractivity contribution is 6.01. The summed E-state index contributed by atoms with van der Waals surface area (Å²) in [7, 11) is 0. The fourth-order valence-electron chi connectivity index (χ4n) is 3.38. The summed E-state index contributed by atoms with van der Waals surface area (Å²) in [5.41, 5.74) is 5.24. The lowest BCUT2D eigenvalue weighted by Gasteiger charge is -2.11. The normalized spacial score (nSPS) is 10.9. The first kappa shape index (κ1) is 19.5. The molecule has 0 aliphatic heterocycles. The summed E-state index contributed by atoms with van der Waals surface area (Å²) in [6.07, 6.45) is 0.881. The van der Waals surface area contributed by atoms with Crippen LogP contribution in [0.4, 0.5) is 0 Å². The van der Waals surface area contributed by atoms with Crippen molar-refractivity contribution in [3.8, 4) is 11.1 Å². The third-order valence-electron chi connectivity index (χ3n) is 5.00. The van der Waals surface area contributed by atoms with Gasteiger partial charge in [0.15, 0.2) is 0 Å². The zero-order valence-electron chi connectivity index (χ0n) is 16.9. The molecule has 0 atom stereocenters. The SMILES string of the molecule is CCCNC(=O)c1cccc(-c2cc(C(=O)n3nnc4ccccc43)ccc2C)c1. The molecule has 150 valence electrons. The van der Waals surface area contributed by atoms with Crippen molar-refractivity contribution in [2.45, 2.75) is 20.3 Å². The average molecular weight is 398 g/mol. The zero-order chi connectivity index (χ0) is 21.1. The monoisotopic (exact) mass is 398 g/mol. The molecule has 1 heterocycles. The fraction of sp³-hybridized carbons (Fsp3) is 0.167. The number of nitrogens with one attached hydrogen (secondary N) is 1. The summed E-state index contributed by atoms with van der Waals surface area (Å²) in [5, 5.41) is 11.0. The predicted molar refractivity (Wildman–Crippen MR) is 116 cm³/mol. The van der Waals surface area contributed by atoms with E-state index in [2.05, 4.69) is 15.6 Å². The summed E-state index contributed by atoms with van der Waals surface area (Å²) in [6, 6.07) is 20.3. The van der Waals surface area contributed by atoms with Gasteiger partial charge in [0.05, 0.1) is 5.52 Å². The van der Waals surface area contributed by atoms with Crippen LogP contribution in [0.15, 0.2) is 66.7 Å². The molecule has 1 N–H and O–H groups in total. The molecule has 1 aromatic heterocycles. The van der Waals surface area contributed by atoms with Crippen LogP contribution in [0.2, 0.25) is 0 Å². The van der Waals surface area contributed by atoms with E-state index in [0.717, 1.165) is 23.1 Å². The first-order chi connectivity index (χ1) is 14.6. The minimum Gasteiger partial charge on any atom is -0.352 e. The maximum Gasteiger partial charge on any atom is 0.280 e. The molecule has 0 aliphatic carbocycles. The Balaban J connectivity index is 1.71. The van der Waals surface area contributed by atoms with Crippen molar-refractivity contribution in [1.29, 1.82) is 0 Å². The molecule has 0 saturated carbocycles. The lowest BCUT2D eigenvalue weighted by Crippen LogP contribution is -2.23. The van der Waals surface area contributed by atoms with Gasteiger partial charge >= 0.3 is 0 Å². The Morgan fingerprint density at radius 2 is 1.80 bits per heavy atom. The number of nitrogens with zero attached hydrogens (tertiary/aromatic N) is 3. The smallest absolute Gasteiger partial charge is 0.280 e. The first-order valence-corrected chi connectivity index (χ1v) is 9.93. The lowest BCUT2D eigenvalue weighted by molar-refractivity contribution is 0.0942. The molecular formula is C24H22N4O2. The van der Waals surface area contributed by atoms with Crippen LogP contribution in [0, 0.1) is 6.92 Å². The zero-order valence-corrected chi connectivity index (χ0v) is 16.9. The van der Waals surface area contributed by atoms with Gasteiger partial charge in [-0.15, -0.1) is 5.10 Å². The maximum atomic E-state index is 13.1. The van der Waals surface area contributed by atoms with Crippen LogP contribution in [0.5, 0.6) is 0 Å². The number of benzene rings is 3. The summed E-state index contributed by atoms with van der Waals surface area (Å²) in [6.45, 7) is 4.64. The van der Waals surface area contributed by atoms with Gasteiger partial charge in [-0.3, -0.25) is 9.59 Å². The minimum atomic E-state index is -0.248. The quantitative estimate of drug-likeness (QED) is 0.546. The molecule has 30 heavy (non-hydrogen) atoms. The van der Waals surface area contributed by atoms with Crippen molar-refractivity contribution in [1.82, 2.24) is 20.3 Å². The summed E-state index contributed by atoms with van der Waals surface area (Å²) in [5.74, 6) is -0.348. The Hall–Kier alpha value is -3.80. The van der Waals surface area contributed by atoms with Gasteiger partial charge in [0.2, 0.25) is 0 Å². The van der Waals surface area contributed by atoms with Crippen LogP contribution in [-0.4, -0.2) is 33.4 Å². The average Bonchev–Trinajstić information content (AvgIpc) is 3.21. The number of aromatic nitrogens is 3. The predicted octanol–water partition coefficient (Wildman–Crippen LogP) is 4.24. The molecular weight excluding hydrogens is 376 g/mol. The van der Waals surface area contributed by atoms with Crippen LogP contribution in [0.3, 0.4) is 0 Å². The van der Waals surface area contributed by atoms with E-state index in [-0.39, 0.29) is 11.8 Å². The molecule has 0 saturated heterocycles. The van der Waals surface area contributed by atoms with E-state index in [4.69, 9.17) is 0 Å². The largest absolute Gasteiger partial charge is 0.352 e. The molecule has 0 spiro atoms. The Morgan fingerprint density at radius 3 is 2.63 bits per heavy atom. The molecule has 0 aliphatic rings. The number of para-hydroxylation sites is 1. The third kappa shape index (κ3) is 3.72. The van der Waals surface area contributed by atoms with E-state index in [1.54, 1.807) is 12.1 Å². The van der Waals surface area contributed by atoms with Crippen molar-refractivity contribution in [3.63, 3.8) is 0 Å². The molecule has 6 nitrogen and oxygen atoms in total. The second kappa shape index (κ2) is 8.29. The number of hydrogen-bond acceptors (Lipinski definition) is 4. The first-order valence-electron chi connectivity index (χ1n) is 9.93. The van der Waals surface area contributed by atoms with E-state index in [9.17, 15) is 9.59 Å².